The number of aromatic nitrogens is 2. The van der Waals surface area contributed by atoms with E-state index in [-0.39, 0.29) is 17.7 Å². The highest BCUT2D eigenvalue weighted by Crippen LogP contribution is 2.25. The fourth-order valence-corrected chi connectivity index (χ4v) is 1.91. The highest BCUT2D eigenvalue weighted by Gasteiger charge is 2.07. The summed E-state index contributed by atoms with van der Waals surface area (Å²) in [6, 6.07) is 6.66. The second kappa shape index (κ2) is 6.74. The molecule has 7 heteroatoms. The molecule has 0 bridgehead atoms. The van der Waals surface area contributed by atoms with E-state index in [9.17, 15) is 4.79 Å². The van der Waals surface area contributed by atoms with Gasteiger partial charge < -0.3 is 10.1 Å². The van der Waals surface area contributed by atoms with Gasteiger partial charge in [0.05, 0.1) is 0 Å². The minimum atomic E-state index is -0.336. The second-order valence-corrected chi connectivity index (χ2v) is 5.21. The molecule has 0 fully saturated rings. The fourth-order valence-electron chi connectivity index (χ4n) is 1.70. The number of hydrogen-bond donors (Lipinski definition) is 1. The van der Waals surface area contributed by atoms with Crippen LogP contribution >= 0.6 is 23.2 Å². The van der Waals surface area contributed by atoms with Gasteiger partial charge in [-0.05, 0) is 49.2 Å². The van der Waals surface area contributed by atoms with Crippen LogP contribution in [-0.4, -0.2) is 22.7 Å². The third-order valence-corrected chi connectivity index (χ3v) is 3.48. The van der Waals surface area contributed by atoms with Crippen LogP contribution in [0.25, 0.3) is 0 Å². The van der Waals surface area contributed by atoms with Gasteiger partial charge in [0.25, 0.3) is 5.91 Å². The lowest BCUT2D eigenvalue weighted by Gasteiger charge is -2.10. The van der Waals surface area contributed by atoms with E-state index >= 15 is 0 Å². The molecule has 0 aliphatic heterocycles. The van der Waals surface area contributed by atoms with Crippen molar-refractivity contribution in [3.8, 4) is 5.75 Å². The highest BCUT2D eigenvalue weighted by atomic mass is 35.5. The van der Waals surface area contributed by atoms with Crippen molar-refractivity contribution in [3.05, 3.63) is 45.6 Å². The molecule has 0 radical (unpaired) electrons. The minimum Gasteiger partial charge on any atom is -0.484 e. The first-order valence-electron chi connectivity index (χ1n) is 6.14. The molecular formula is C14H13Cl2N3O2. The minimum absolute atomic E-state index is 0.134. The van der Waals surface area contributed by atoms with Crippen molar-refractivity contribution in [1.82, 2.24) is 10.2 Å². The smallest absolute Gasteiger partial charge is 0.263 e. The van der Waals surface area contributed by atoms with Crippen LogP contribution in [0.15, 0.2) is 24.3 Å². The molecule has 110 valence electrons. The van der Waals surface area contributed by atoms with Crippen LogP contribution in [0.2, 0.25) is 10.2 Å². The molecule has 1 aromatic heterocycles. The highest BCUT2D eigenvalue weighted by molar-refractivity contribution is 6.32. The number of carbonyl (C=O) groups is 1. The van der Waals surface area contributed by atoms with E-state index in [0.29, 0.717) is 16.6 Å². The Morgan fingerprint density at radius 2 is 1.86 bits per heavy atom. The van der Waals surface area contributed by atoms with Crippen molar-refractivity contribution in [2.75, 3.05) is 11.9 Å². The van der Waals surface area contributed by atoms with Crippen molar-refractivity contribution in [2.45, 2.75) is 13.8 Å². The number of hydrogen-bond acceptors (Lipinski definition) is 4. The van der Waals surface area contributed by atoms with Gasteiger partial charge in [-0.1, -0.05) is 23.2 Å². The lowest BCUT2D eigenvalue weighted by atomic mass is 10.1. The summed E-state index contributed by atoms with van der Waals surface area (Å²) in [6.07, 6.45) is 0. The molecule has 0 atom stereocenters. The van der Waals surface area contributed by atoms with E-state index in [4.69, 9.17) is 27.9 Å². The maximum Gasteiger partial charge on any atom is 0.263 e. The number of nitrogens with one attached hydrogen (secondary N) is 1. The number of anilines is 1. The van der Waals surface area contributed by atoms with Gasteiger partial charge in [0.2, 0.25) is 0 Å². The normalized spacial score (nSPS) is 10.3. The van der Waals surface area contributed by atoms with Gasteiger partial charge in [0.15, 0.2) is 17.6 Å². The van der Waals surface area contributed by atoms with Gasteiger partial charge in [0.1, 0.15) is 5.75 Å². The van der Waals surface area contributed by atoms with Crippen LogP contribution < -0.4 is 10.1 Å². The first-order chi connectivity index (χ1) is 9.95. The Kier molecular flexibility index (Phi) is 4.98. The quantitative estimate of drug-likeness (QED) is 0.935. The first kappa shape index (κ1) is 15.5. The SMILES string of the molecule is Cc1cc(OCC(=O)Nc2ccc(Cl)nn2)cc(C)c1Cl. The van der Waals surface area contributed by atoms with Crippen LogP contribution in [0.3, 0.4) is 0 Å². The average Bonchev–Trinajstić information content (AvgIpc) is 2.45. The zero-order valence-electron chi connectivity index (χ0n) is 11.5. The van der Waals surface area contributed by atoms with Crippen LogP contribution in [0.5, 0.6) is 5.75 Å². The Bertz CT molecular complexity index is 637. The zero-order chi connectivity index (χ0) is 15.4. The number of benzene rings is 1. The van der Waals surface area contributed by atoms with Gasteiger partial charge in [-0.15, -0.1) is 10.2 Å². The molecule has 21 heavy (non-hydrogen) atoms. The molecule has 1 aromatic carbocycles. The standard InChI is InChI=1S/C14H13Cl2N3O2/c1-8-5-10(6-9(2)14(8)16)21-7-13(20)17-12-4-3-11(15)18-19-12/h3-6H,7H2,1-2H3,(H,17,19,20). The van der Waals surface area contributed by atoms with Gasteiger partial charge in [0, 0.05) is 5.02 Å². The number of halogens is 2. The maximum atomic E-state index is 11.7. The molecular weight excluding hydrogens is 313 g/mol. The van der Waals surface area contributed by atoms with Gasteiger partial charge in [-0.3, -0.25) is 4.79 Å². The molecule has 0 unspecified atom stereocenters. The predicted octanol–water partition coefficient (Wildman–Crippen LogP) is 3.42. The van der Waals surface area contributed by atoms with Crippen LogP contribution in [0.1, 0.15) is 11.1 Å². The summed E-state index contributed by atoms with van der Waals surface area (Å²) < 4.78 is 5.44. The Hall–Kier alpha value is -1.85. The number of aryl methyl sites for hydroxylation is 2. The van der Waals surface area contributed by atoms with E-state index in [0.717, 1.165) is 11.1 Å². The molecule has 2 rings (SSSR count). The van der Waals surface area contributed by atoms with E-state index in [1.165, 1.54) is 6.07 Å². The Labute approximate surface area is 132 Å². The summed E-state index contributed by atoms with van der Waals surface area (Å²) in [5.74, 6) is 0.570. The molecule has 1 heterocycles. The molecule has 0 saturated heterocycles. The largest absolute Gasteiger partial charge is 0.484 e. The summed E-state index contributed by atoms with van der Waals surface area (Å²) in [6.45, 7) is 3.63. The van der Waals surface area contributed by atoms with E-state index in [1.807, 2.05) is 13.8 Å². The van der Waals surface area contributed by atoms with Crippen molar-refractivity contribution in [3.63, 3.8) is 0 Å². The molecule has 0 saturated carbocycles. The third-order valence-electron chi connectivity index (χ3n) is 2.68. The van der Waals surface area contributed by atoms with Crippen molar-refractivity contribution < 1.29 is 9.53 Å². The van der Waals surface area contributed by atoms with Gasteiger partial charge in [-0.2, -0.15) is 0 Å². The molecule has 1 amide bonds. The van der Waals surface area contributed by atoms with Crippen LogP contribution in [-0.2, 0) is 4.79 Å². The lowest BCUT2D eigenvalue weighted by Crippen LogP contribution is -2.21. The summed E-state index contributed by atoms with van der Waals surface area (Å²) in [7, 11) is 0. The number of nitrogens with zero attached hydrogens (tertiary/aromatic N) is 2. The average molecular weight is 326 g/mol. The van der Waals surface area contributed by atoms with Gasteiger partial charge >= 0.3 is 0 Å². The van der Waals surface area contributed by atoms with Crippen molar-refractivity contribution >= 4 is 34.9 Å². The van der Waals surface area contributed by atoms with E-state index < -0.39 is 0 Å². The van der Waals surface area contributed by atoms with E-state index in [1.54, 1.807) is 18.2 Å². The summed E-state index contributed by atoms with van der Waals surface area (Å²) in [5, 5.41) is 10.9. The Morgan fingerprint density at radius 3 is 2.43 bits per heavy atom. The number of rotatable bonds is 4. The number of carbonyl (C=O) groups excluding carboxylic acids is 1. The maximum absolute atomic E-state index is 11.7. The van der Waals surface area contributed by atoms with Gasteiger partial charge in [-0.25, -0.2) is 0 Å². The van der Waals surface area contributed by atoms with E-state index in [2.05, 4.69) is 15.5 Å². The number of ether oxygens (including phenoxy) is 1. The summed E-state index contributed by atoms with van der Waals surface area (Å²) in [5.41, 5.74) is 1.80. The van der Waals surface area contributed by atoms with Crippen LogP contribution in [0, 0.1) is 13.8 Å². The van der Waals surface area contributed by atoms with Crippen molar-refractivity contribution in [2.24, 2.45) is 0 Å². The van der Waals surface area contributed by atoms with Crippen molar-refractivity contribution in [1.29, 1.82) is 0 Å². The summed E-state index contributed by atoms with van der Waals surface area (Å²) in [4.78, 5) is 11.7. The molecule has 5 nitrogen and oxygen atoms in total. The predicted molar refractivity (Wildman–Crippen MR) is 82.1 cm³/mol. The topological polar surface area (TPSA) is 64.1 Å². The molecule has 1 N–H and O–H groups in total. The lowest BCUT2D eigenvalue weighted by molar-refractivity contribution is -0.118. The fraction of sp³-hybridized carbons (Fsp3) is 0.214. The molecule has 2 aromatic rings. The Morgan fingerprint density at radius 1 is 1.19 bits per heavy atom. The first-order valence-corrected chi connectivity index (χ1v) is 6.90. The Balaban J connectivity index is 1.93. The molecule has 0 aliphatic rings. The number of amides is 1. The zero-order valence-corrected chi connectivity index (χ0v) is 13.0. The van der Waals surface area contributed by atoms with Crippen LogP contribution in [0.4, 0.5) is 5.82 Å². The summed E-state index contributed by atoms with van der Waals surface area (Å²) >= 11 is 11.7. The third kappa shape index (κ3) is 4.31. The molecule has 0 aliphatic carbocycles. The monoisotopic (exact) mass is 325 g/mol. The second-order valence-electron chi connectivity index (χ2n) is 4.45. The molecule has 0 spiro atoms.